The van der Waals surface area contributed by atoms with Gasteiger partial charge in [0.25, 0.3) is 0 Å². The molecule has 0 aliphatic carbocycles. The molecule has 4 nitrogen and oxygen atoms in total. The van der Waals surface area contributed by atoms with E-state index in [0.717, 1.165) is 43.5 Å². The van der Waals surface area contributed by atoms with Gasteiger partial charge in [-0.05, 0) is 61.1 Å². The molecule has 1 aromatic heterocycles. The van der Waals surface area contributed by atoms with Crippen molar-refractivity contribution < 1.29 is 9.53 Å². The monoisotopic (exact) mass is 324 g/mol. The number of hydrogen-bond donors (Lipinski definition) is 0. The van der Waals surface area contributed by atoms with Crippen molar-refractivity contribution in [1.82, 2.24) is 9.88 Å². The number of carbonyl (C=O) groups is 1. The molecule has 1 atom stereocenters. The van der Waals surface area contributed by atoms with Crippen molar-refractivity contribution in [2.75, 3.05) is 13.7 Å². The number of hydrogen-bond acceptors (Lipinski definition) is 3. The first kappa shape index (κ1) is 16.5. The first-order valence-corrected chi connectivity index (χ1v) is 8.57. The van der Waals surface area contributed by atoms with Crippen LogP contribution >= 0.6 is 0 Å². The molecule has 0 radical (unpaired) electrons. The van der Waals surface area contributed by atoms with Crippen LogP contribution in [0.4, 0.5) is 0 Å². The molecule has 1 aliphatic heterocycles. The molecule has 1 amide bonds. The van der Waals surface area contributed by atoms with Crippen molar-refractivity contribution in [3.63, 3.8) is 0 Å². The van der Waals surface area contributed by atoms with Gasteiger partial charge in [-0.3, -0.25) is 9.78 Å². The number of methoxy groups -OCH3 is 1. The third-order valence-electron chi connectivity index (χ3n) is 4.73. The van der Waals surface area contributed by atoms with Crippen LogP contribution in [0.5, 0.6) is 5.75 Å². The van der Waals surface area contributed by atoms with E-state index in [4.69, 9.17) is 4.74 Å². The van der Waals surface area contributed by atoms with Crippen LogP contribution in [0.3, 0.4) is 0 Å². The summed E-state index contributed by atoms with van der Waals surface area (Å²) < 4.78 is 5.17. The number of benzene rings is 1. The van der Waals surface area contributed by atoms with Crippen molar-refractivity contribution in [2.45, 2.75) is 38.1 Å². The summed E-state index contributed by atoms with van der Waals surface area (Å²) in [6.45, 7) is 0.885. The van der Waals surface area contributed by atoms with E-state index in [1.54, 1.807) is 7.11 Å². The van der Waals surface area contributed by atoms with Crippen LogP contribution in [-0.2, 0) is 17.6 Å². The third-order valence-corrected chi connectivity index (χ3v) is 4.73. The summed E-state index contributed by atoms with van der Waals surface area (Å²) in [6.07, 6.45) is 8.37. The molecule has 4 heteroatoms. The second-order valence-electron chi connectivity index (χ2n) is 6.30. The molecular weight excluding hydrogens is 300 g/mol. The zero-order valence-electron chi connectivity index (χ0n) is 14.1. The lowest BCUT2D eigenvalue weighted by molar-refractivity contribution is -0.131. The molecule has 24 heavy (non-hydrogen) atoms. The normalized spacial score (nSPS) is 17.0. The van der Waals surface area contributed by atoms with E-state index in [1.165, 1.54) is 5.56 Å². The number of pyridine rings is 1. The number of aryl methyl sites for hydroxylation is 1. The summed E-state index contributed by atoms with van der Waals surface area (Å²) in [7, 11) is 1.65. The lowest BCUT2D eigenvalue weighted by Gasteiger charge is -2.25. The quantitative estimate of drug-likeness (QED) is 0.819. The molecule has 0 saturated carbocycles. The van der Waals surface area contributed by atoms with Crippen LogP contribution < -0.4 is 4.74 Å². The van der Waals surface area contributed by atoms with Crippen LogP contribution in [0.1, 0.15) is 30.4 Å². The van der Waals surface area contributed by atoms with Gasteiger partial charge >= 0.3 is 0 Å². The lowest BCUT2D eigenvalue weighted by atomic mass is 10.0. The summed E-state index contributed by atoms with van der Waals surface area (Å²) in [5.41, 5.74) is 2.33. The van der Waals surface area contributed by atoms with Gasteiger partial charge in [0, 0.05) is 25.0 Å². The maximum atomic E-state index is 12.7. The highest BCUT2D eigenvalue weighted by molar-refractivity contribution is 5.79. The number of amides is 1. The summed E-state index contributed by atoms with van der Waals surface area (Å²) in [5, 5.41) is 0. The Kier molecular flexibility index (Phi) is 5.47. The maximum absolute atomic E-state index is 12.7. The largest absolute Gasteiger partial charge is 0.497 e. The molecule has 0 unspecified atom stereocenters. The van der Waals surface area contributed by atoms with Crippen LogP contribution in [0.15, 0.2) is 48.8 Å². The molecule has 1 aromatic carbocycles. The van der Waals surface area contributed by atoms with Crippen molar-refractivity contribution in [1.29, 1.82) is 0 Å². The van der Waals surface area contributed by atoms with E-state index in [1.807, 2.05) is 36.7 Å². The molecule has 126 valence electrons. The Morgan fingerprint density at radius 2 is 1.92 bits per heavy atom. The Balaban J connectivity index is 1.56. The van der Waals surface area contributed by atoms with Crippen LogP contribution in [0.25, 0.3) is 0 Å². The minimum absolute atomic E-state index is 0.234. The lowest BCUT2D eigenvalue weighted by Crippen LogP contribution is -2.36. The van der Waals surface area contributed by atoms with Crippen molar-refractivity contribution in [2.24, 2.45) is 0 Å². The summed E-state index contributed by atoms with van der Waals surface area (Å²) >= 11 is 0. The molecular formula is C20H24N2O2. The topological polar surface area (TPSA) is 42.4 Å². The van der Waals surface area contributed by atoms with Gasteiger partial charge in [-0.2, -0.15) is 0 Å². The minimum atomic E-state index is 0.234. The predicted molar refractivity (Wildman–Crippen MR) is 94.0 cm³/mol. The number of ether oxygens (including phenoxy) is 1. The van der Waals surface area contributed by atoms with Gasteiger partial charge < -0.3 is 9.64 Å². The predicted octanol–water partition coefficient (Wildman–Crippen LogP) is 3.26. The highest BCUT2D eigenvalue weighted by atomic mass is 16.5. The van der Waals surface area contributed by atoms with Crippen molar-refractivity contribution in [3.05, 3.63) is 59.9 Å². The number of aromatic nitrogens is 1. The summed E-state index contributed by atoms with van der Waals surface area (Å²) in [5.74, 6) is 1.06. The molecule has 0 bridgehead atoms. The fraction of sp³-hybridized carbons (Fsp3) is 0.400. The first-order chi connectivity index (χ1) is 11.8. The Morgan fingerprint density at radius 1 is 1.17 bits per heavy atom. The minimum Gasteiger partial charge on any atom is -0.497 e. The molecule has 1 saturated heterocycles. The van der Waals surface area contributed by atoms with E-state index in [-0.39, 0.29) is 5.91 Å². The smallest absolute Gasteiger partial charge is 0.227 e. The van der Waals surface area contributed by atoms with Crippen LogP contribution in [0, 0.1) is 0 Å². The highest BCUT2D eigenvalue weighted by Crippen LogP contribution is 2.23. The molecule has 0 spiro atoms. The number of nitrogens with zero attached hydrogens (tertiary/aromatic N) is 2. The number of rotatable bonds is 6. The van der Waals surface area contributed by atoms with Gasteiger partial charge in [-0.1, -0.05) is 12.1 Å². The Bertz CT molecular complexity index is 655. The molecule has 1 fully saturated rings. The first-order valence-electron chi connectivity index (χ1n) is 8.57. The molecule has 2 aromatic rings. The van der Waals surface area contributed by atoms with E-state index >= 15 is 0 Å². The van der Waals surface area contributed by atoms with Gasteiger partial charge in [0.1, 0.15) is 5.75 Å². The second-order valence-corrected chi connectivity index (χ2v) is 6.30. The summed E-state index contributed by atoms with van der Waals surface area (Å²) in [6, 6.07) is 12.2. The molecule has 2 heterocycles. The third kappa shape index (κ3) is 4.13. The standard InChI is InChI=1S/C20H24N2O2/c1-24-19-8-5-17(6-9-19)15-20(23)22-14-2-3-18(22)7-4-16-10-12-21-13-11-16/h5-6,8-13,18H,2-4,7,14-15H2,1H3/t18-/m0/s1. The summed E-state index contributed by atoms with van der Waals surface area (Å²) in [4.78, 5) is 18.8. The van der Waals surface area contributed by atoms with E-state index in [0.29, 0.717) is 12.5 Å². The SMILES string of the molecule is COc1ccc(CC(=O)N2CCC[C@H]2CCc2ccncc2)cc1. The van der Waals surface area contributed by atoms with Gasteiger partial charge in [0.2, 0.25) is 5.91 Å². The zero-order valence-corrected chi connectivity index (χ0v) is 14.1. The number of carbonyl (C=O) groups excluding carboxylic acids is 1. The Morgan fingerprint density at radius 3 is 2.62 bits per heavy atom. The molecule has 3 rings (SSSR count). The van der Waals surface area contributed by atoms with Gasteiger partial charge in [0.05, 0.1) is 13.5 Å². The zero-order chi connectivity index (χ0) is 16.8. The van der Waals surface area contributed by atoms with Crippen LogP contribution in [0.2, 0.25) is 0 Å². The number of likely N-dealkylation sites (tertiary alicyclic amines) is 1. The Labute approximate surface area is 143 Å². The second kappa shape index (κ2) is 7.95. The fourth-order valence-corrected chi connectivity index (χ4v) is 3.37. The average molecular weight is 324 g/mol. The van der Waals surface area contributed by atoms with Crippen molar-refractivity contribution in [3.8, 4) is 5.75 Å². The van der Waals surface area contributed by atoms with Gasteiger partial charge in [0.15, 0.2) is 0 Å². The highest BCUT2D eigenvalue weighted by Gasteiger charge is 2.28. The van der Waals surface area contributed by atoms with E-state index in [2.05, 4.69) is 22.0 Å². The Hall–Kier alpha value is -2.36. The van der Waals surface area contributed by atoms with Crippen molar-refractivity contribution >= 4 is 5.91 Å². The molecule has 1 aliphatic rings. The average Bonchev–Trinajstić information content (AvgIpc) is 3.10. The van der Waals surface area contributed by atoms with Gasteiger partial charge in [-0.25, -0.2) is 0 Å². The van der Waals surface area contributed by atoms with Gasteiger partial charge in [-0.15, -0.1) is 0 Å². The van der Waals surface area contributed by atoms with E-state index in [9.17, 15) is 4.79 Å². The van der Waals surface area contributed by atoms with E-state index < -0.39 is 0 Å². The van der Waals surface area contributed by atoms with Crippen LogP contribution in [-0.4, -0.2) is 35.5 Å². The molecule has 0 N–H and O–H groups in total. The fourth-order valence-electron chi connectivity index (χ4n) is 3.37. The maximum Gasteiger partial charge on any atom is 0.227 e.